The number of esters is 1. The van der Waals surface area contributed by atoms with Crippen molar-refractivity contribution in [3.8, 4) is 5.75 Å². The topological polar surface area (TPSA) is 60.2 Å². The Bertz CT molecular complexity index is 819. The first-order valence-corrected chi connectivity index (χ1v) is 10.0. The Labute approximate surface area is 173 Å². The Morgan fingerprint density at radius 2 is 1.55 bits per heavy atom. The van der Waals surface area contributed by atoms with E-state index in [4.69, 9.17) is 9.47 Å². The Morgan fingerprint density at radius 1 is 0.931 bits per heavy atom. The fourth-order valence-corrected chi connectivity index (χ4v) is 2.86. The average Bonchev–Trinajstić information content (AvgIpc) is 2.70. The SMILES string of the molecule is C=CC(=O)OCCCCCCOc1cc(C)c(N=Nc2ccc(C)cc2)c(C)c1. The van der Waals surface area contributed by atoms with Crippen LogP contribution in [0.1, 0.15) is 42.4 Å². The van der Waals surface area contributed by atoms with Crippen molar-refractivity contribution in [3.63, 3.8) is 0 Å². The second-order valence-corrected chi connectivity index (χ2v) is 7.08. The number of azo groups is 1. The summed E-state index contributed by atoms with van der Waals surface area (Å²) in [6.45, 7) is 10.6. The van der Waals surface area contributed by atoms with Crippen LogP contribution >= 0.6 is 0 Å². The van der Waals surface area contributed by atoms with E-state index in [0.717, 1.165) is 53.9 Å². The summed E-state index contributed by atoms with van der Waals surface area (Å²) in [5.74, 6) is 0.495. The highest BCUT2D eigenvalue weighted by molar-refractivity contribution is 5.81. The first-order valence-electron chi connectivity index (χ1n) is 10.0. The lowest BCUT2D eigenvalue weighted by molar-refractivity contribution is -0.137. The minimum absolute atomic E-state index is 0.360. The summed E-state index contributed by atoms with van der Waals surface area (Å²) in [6, 6.07) is 12.0. The zero-order valence-electron chi connectivity index (χ0n) is 17.6. The van der Waals surface area contributed by atoms with Gasteiger partial charge in [-0.1, -0.05) is 24.3 Å². The first-order chi connectivity index (χ1) is 14.0. The zero-order chi connectivity index (χ0) is 21.1. The van der Waals surface area contributed by atoms with Crippen LogP contribution in [0, 0.1) is 20.8 Å². The maximum absolute atomic E-state index is 10.9. The van der Waals surface area contributed by atoms with E-state index >= 15 is 0 Å². The van der Waals surface area contributed by atoms with Crippen LogP contribution in [0.15, 0.2) is 59.3 Å². The van der Waals surface area contributed by atoms with E-state index in [1.54, 1.807) is 0 Å². The van der Waals surface area contributed by atoms with Crippen LogP contribution in [-0.4, -0.2) is 19.2 Å². The smallest absolute Gasteiger partial charge is 0.330 e. The van der Waals surface area contributed by atoms with E-state index in [1.807, 2.05) is 50.2 Å². The molecule has 0 fully saturated rings. The average molecular weight is 395 g/mol. The molecular weight excluding hydrogens is 364 g/mol. The van der Waals surface area contributed by atoms with Crippen LogP contribution < -0.4 is 4.74 Å². The molecule has 154 valence electrons. The molecule has 0 saturated carbocycles. The number of rotatable bonds is 11. The van der Waals surface area contributed by atoms with E-state index in [9.17, 15) is 4.79 Å². The molecule has 0 heterocycles. The van der Waals surface area contributed by atoms with E-state index in [-0.39, 0.29) is 5.97 Å². The van der Waals surface area contributed by atoms with Crippen LogP contribution in [0.2, 0.25) is 0 Å². The van der Waals surface area contributed by atoms with Crippen LogP contribution in [0.5, 0.6) is 5.75 Å². The van der Waals surface area contributed by atoms with Gasteiger partial charge in [-0.3, -0.25) is 0 Å². The van der Waals surface area contributed by atoms with Gasteiger partial charge in [0.1, 0.15) is 5.75 Å². The van der Waals surface area contributed by atoms with Crippen molar-refractivity contribution in [3.05, 3.63) is 65.7 Å². The molecule has 0 radical (unpaired) electrons. The Morgan fingerprint density at radius 3 is 2.17 bits per heavy atom. The molecule has 5 heteroatoms. The number of carbonyl (C=O) groups excluding carboxylic acids is 1. The van der Waals surface area contributed by atoms with Crippen LogP contribution in [0.4, 0.5) is 11.4 Å². The number of carbonyl (C=O) groups is 1. The largest absolute Gasteiger partial charge is 0.494 e. The summed E-state index contributed by atoms with van der Waals surface area (Å²) in [7, 11) is 0. The van der Waals surface area contributed by atoms with Crippen molar-refractivity contribution in [2.24, 2.45) is 10.2 Å². The fraction of sp³-hybridized carbons (Fsp3) is 0.375. The Hall–Kier alpha value is -2.95. The van der Waals surface area contributed by atoms with Gasteiger partial charge in [0, 0.05) is 6.08 Å². The second kappa shape index (κ2) is 11.8. The standard InChI is InChI=1S/C24H30N2O3/c1-5-23(27)29-15-9-7-6-8-14-28-22-16-19(3)24(20(4)17-22)26-25-21-12-10-18(2)11-13-21/h5,10-13,16-17H,1,6-9,14-15H2,2-4H3. The summed E-state index contributed by atoms with van der Waals surface area (Å²) >= 11 is 0. The lowest BCUT2D eigenvalue weighted by Crippen LogP contribution is -2.02. The molecule has 0 atom stereocenters. The van der Waals surface area contributed by atoms with Gasteiger partial charge < -0.3 is 9.47 Å². The normalized spacial score (nSPS) is 10.9. The van der Waals surface area contributed by atoms with Gasteiger partial charge in [0.25, 0.3) is 0 Å². The molecule has 0 N–H and O–H groups in total. The third-order valence-electron chi connectivity index (χ3n) is 4.48. The maximum Gasteiger partial charge on any atom is 0.330 e. The molecule has 0 bridgehead atoms. The van der Waals surface area contributed by atoms with Crippen molar-refractivity contribution in [1.29, 1.82) is 0 Å². The summed E-state index contributed by atoms with van der Waals surface area (Å²) in [4.78, 5) is 10.9. The minimum atomic E-state index is -0.360. The monoisotopic (exact) mass is 394 g/mol. The fourth-order valence-electron chi connectivity index (χ4n) is 2.86. The van der Waals surface area contributed by atoms with E-state index in [0.29, 0.717) is 13.2 Å². The minimum Gasteiger partial charge on any atom is -0.494 e. The molecule has 2 rings (SSSR count). The zero-order valence-corrected chi connectivity index (χ0v) is 17.6. The molecule has 0 aliphatic rings. The molecule has 2 aromatic rings. The van der Waals surface area contributed by atoms with Crippen molar-refractivity contribution >= 4 is 17.3 Å². The van der Waals surface area contributed by atoms with Crippen molar-refractivity contribution in [2.45, 2.75) is 46.5 Å². The van der Waals surface area contributed by atoms with Gasteiger partial charge in [0.2, 0.25) is 0 Å². The van der Waals surface area contributed by atoms with Crippen molar-refractivity contribution < 1.29 is 14.3 Å². The van der Waals surface area contributed by atoms with Crippen molar-refractivity contribution in [2.75, 3.05) is 13.2 Å². The van der Waals surface area contributed by atoms with Crippen LogP contribution in [0.25, 0.3) is 0 Å². The van der Waals surface area contributed by atoms with Crippen LogP contribution in [0.3, 0.4) is 0 Å². The first kappa shape index (κ1) is 22.3. The molecule has 0 aromatic heterocycles. The van der Waals surface area contributed by atoms with Crippen molar-refractivity contribution in [1.82, 2.24) is 0 Å². The number of unbranched alkanes of at least 4 members (excludes halogenated alkanes) is 3. The maximum atomic E-state index is 10.9. The van der Waals surface area contributed by atoms with Crippen LogP contribution in [-0.2, 0) is 9.53 Å². The van der Waals surface area contributed by atoms with Gasteiger partial charge in [-0.15, -0.1) is 0 Å². The lowest BCUT2D eigenvalue weighted by atomic mass is 10.1. The number of hydrogen-bond acceptors (Lipinski definition) is 5. The summed E-state index contributed by atoms with van der Waals surface area (Å²) in [5, 5.41) is 8.77. The van der Waals surface area contributed by atoms with Gasteiger partial charge in [-0.2, -0.15) is 10.2 Å². The number of nitrogens with zero attached hydrogens (tertiary/aromatic N) is 2. The predicted molar refractivity (Wildman–Crippen MR) is 116 cm³/mol. The Kier molecular flexibility index (Phi) is 9.09. The number of ether oxygens (including phenoxy) is 2. The summed E-state index contributed by atoms with van der Waals surface area (Å²) < 4.78 is 10.8. The lowest BCUT2D eigenvalue weighted by Gasteiger charge is -2.10. The molecule has 29 heavy (non-hydrogen) atoms. The van der Waals surface area contributed by atoms with Gasteiger partial charge in [-0.05, 0) is 81.8 Å². The molecule has 0 saturated heterocycles. The number of hydrogen-bond donors (Lipinski definition) is 0. The predicted octanol–water partition coefficient (Wildman–Crippen LogP) is 6.70. The quantitative estimate of drug-likeness (QED) is 0.184. The van der Waals surface area contributed by atoms with Gasteiger partial charge in [0.05, 0.1) is 24.6 Å². The molecule has 5 nitrogen and oxygen atoms in total. The van der Waals surface area contributed by atoms with Gasteiger partial charge in [0.15, 0.2) is 0 Å². The van der Waals surface area contributed by atoms with Gasteiger partial charge >= 0.3 is 5.97 Å². The molecular formula is C24H30N2O3. The van der Waals surface area contributed by atoms with Gasteiger partial charge in [-0.25, -0.2) is 4.79 Å². The molecule has 0 amide bonds. The molecule has 0 aliphatic heterocycles. The third kappa shape index (κ3) is 7.90. The highest BCUT2D eigenvalue weighted by Gasteiger charge is 2.06. The third-order valence-corrected chi connectivity index (χ3v) is 4.48. The number of benzene rings is 2. The summed E-state index contributed by atoms with van der Waals surface area (Å²) in [5.41, 5.74) is 5.01. The van der Waals surface area contributed by atoms with E-state index < -0.39 is 0 Å². The summed E-state index contributed by atoms with van der Waals surface area (Å²) in [6.07, 6.45) is 5.05. The Balaban J connectivity index is 1.77. The highest BCUT2D eigenvalue weighted by atomic mass is 16.5. The molecule has 0 aliphatic carbocycles. The molecule has 2 aromatic carbocycles. The number of aryl methyl sites for hydroxylation is 3. The van der Waals surface area contributed by atoms with E-state index in [2.05, 4.69) is 23.7 Å². The van der Waals surface area contributed by atoms with E-state index in [1.165, 1.54) is 11.6 Å². The highest BCUT2D eigenvalue weighted by Crippen LogP contribution is 2.30. The molecule has 0 unspecified atom stereocenters. The second-order valence-electron chi connectivity index (χ2n) is 7.08. The molecule has 0 spiro atoms.